The van der Waals surface area contributed by atoms with E-state index >= 15 is 0 Å². The Morgan fingerprint density at radius 2 is 1.79 bits per heavy atom. The predicted octanol–water partition coefficient (Wildman–Crippen LogP) is 0.764. The fourth-order valence-corrected chi connectivity index (χ4v) is 4.39. The van der Waals surface area contributed by atoms with Crippen molar-refractivity contribution < 1.29 is 29.4 Å². The lowest BCUT2D eigenvalue weighted by Crippen LogP contribution is -2.67. The van der Waals surface area contributed by atoms with Crippen LogP contribution in [0.25, 0.3) is 0 Å². The van der Waals surface area contributed by atoms with Crippen LogP contribution in [0.3, 0.4) is 0 Å². The van der Waals surface area contributed by atoms with Crippen molar-refractivity contribution in [3.63, 3.8) is 0 Å². The van der Waals surface area contributed by atoms with Gasteiger partial charge in [0.25, 0.3) is 5.91 Å². The van der Waals surface area contributed by atoms with Crippen LogP contribution in [-0.4, -0.2) is 81.9 Å². The minimum Gasteiger partial charge on any atom is -0.480 e. The molecule has 0 saturated carbocycles. The topological polar surface area (TPSA) is 151 Å². The SMILES string of the molecule is O=C(NCCCCC(NC1CCN2CCCC(C(=O)O)N2C1=O)C(=O)O)NCc1ccccc1. The Kier molecular flexibility index (Phi) is 9.23. The standard InChI is InChI=1S/C23H33N5O6/c29-20-17(11-14-27-13-6-10-19(22(32)33)28(20)27)26-18(21(30)31)9-4-5-12-24-23(34)25-15-16-7-2-1-3-8-16/h1-3,7-8,17-19,26H,4-6,9-15H2,(H,30,31)(H,32,33)(H2,24,25,34). The molecule has 0 radical (unpaired) electrons. The summed E-state index contributed by atoms with van der Waals surface area (Å²) in [6.45, 7) is 1.95. The molecule has 186 valence electrons. The molecule has 2 saturated heterocycles. The van der Waals surface area contributed by atoms with Crippen molar-refractivity contribution in [2.24, 2.45) is 0 Å². The lowest BCUT2D eigenvalue weighted by Gasteiger charge is -2.47. The van der Waals surface area contributed by atoms with Gasteiger partial charge in [-0.05, 0) is 44.1 Å². The molecule has 2 aliphatic heterocycles. The van der Waals surface area contributed by atoms with Gasteiger partial charge in [-0.3, -0.25) is 19.9 Å². The van der Waals surface area contributed by atoms with Gasteiger partial charge >= 0.3 is 18.0 Å². The van der Waals surface area contributed by atoms with Gasteiger partial charge < -0.3 is 20.8 Å². The summed E-state index contributed by atoms with van der Waals surface area (Å²) in [4.78, 5) is 48.2. The number of benzene rings is 1. The summed E-state index contributed by atoms with van der Waals surface area (Å²) in [7, 11) is 0. The number of unbranched alkanes of at least 4 members (excludes halogenated alkanes) is 1. The number of nitrogens with one attached hydrogen (secondary N) is 3. The van der Waals surface area contributed by atoms with E-state index in [2.05, 4.69) is 16.0 Å². The summed E-state index contributed by atoms with van der Waals surface area (Å²) in [5.41, 5.74) is 0.993. The van der Waals surface area contributed by atoms with Gasteiger partial charge in [0.2, 0.25) is 0 Å². The molecule has 3 amide bonds. The minimum atomic E-state index is -1.06. The van der Waals surface area contributed by atoms with Crippen molar-refractivity contribution >= 4 is 23.9 Å². The Morgan fingerprint density at radius 1 is 1.03 bits per heavy atom. The molecule has 5 N–H and O–H groups in total. The largest absolute Gasteiger partial charge is 0.480 e. The predicted molar refractivity (Wildman–Crippen MR) is 123 cm³/mol. The van der Waals surface area contributed by atoms with Crippen molar-refractivity contribution in [1.82, 2.24) is 26.0 Å². The van der Waals surface area contributed by atoms with Gasteiger partial charge in [0.1, 0.15) is 12.1 Å². The molecule has 2 heterocycles. The number of hydrogen-bond donors (Lipinski definition) is 5. The van der Waals surface area contributed by atoms with Crippen molar-refractivity contribution in [3.05, 3.63) is 35.9 Å². The van der Waals surface area contributed by atoms with Crippen molar-refractivity contribution in [2.45, 2.75) is 63.2 Å². The van der Waals surface area contributed by atoms with Gasteiger partial charge in [0, 0.05) is 26.2 Å². The van der Waals surface area contributed by atoms with Gasteiger partial charge in [-0.2, -0.15) is 0 Å². The number of aliphatic carboxylic acids is 2. The van der Waals surface area contributed by atoms with Crippen LogP contribution in [0.4, 0.5) is 4.79 Å². The van der Waals surface area contributed by atoms with Crippen LogP contribution in [0.5, 0.6) is 0 Å². The summed E-state index contributed by atoms with van der Waals surface area (Å²) >= 11 is 0. The number of urea groups is 1. The third kappa shape index (κ3) is 6.91. The van der Waals surface area contributed by atoms with Crippen molar-refractivity contribution in [3.8, 4) is 0 Å². The maximum Gasteiger partial charge on any atom is 0.328 e. The molecule has 34 heavy (non-hydrogen) atoms. The third-order valence-electron chi connectivity index (χ3n) is 6.18. The van der Waals surface area contributed by atoms with E-state index in [-0.39, 0.29) is 11.9 Å². The van der Waals surface area contributed by atoms with Gasteiger partial charge in [0.15, 0.2) is 0 Å². The molecule has 2 fully saturated rings. The first-order valence-electron chi connectivity index (χ1n) is 11.7. The Hall–Kier alpha value is -3.18. The zero-order valence-electron chi connectivity index (χ0n) is 19.1. The van der Waals surface area contributed by atoms with Gasteiger partial charge in [-0.25, -0.2) is 14.6 Å². The Bertz CT molecular complexity index is 867. The van der Waals surface area contributed by atoms with Crippen LogP contribution in [0.15, 0.2) is 30.3 Å². The maximum atomic E-state index is 13.0. The summed E-state index contributed by atoms with van der Waals surface area (Å²) < 4.78 is 0. The molecule has 0 aromatic heterocycles. The second-order valence-electron chi connectivity index (χ2n) is 8.62. The molecule has 0 bridgehead atoms. The highest BCUT2D eigenvalue weighted by molar-refractivity contribution is 5.88. The molecule has 0 aliphatic carbocycles. The second-order valence-corrected chi connectivity index (χ2v) is 8.62. The first-order valence-corrected chi connectivity index (χ1v) is 11.7. The Labute approximate surface area is 198 Å². The molecule has 11 heteroatoms. The summed E-state index contributed by atoms with van der Waals surface area (Å²) in [6, 6.07) is 6.67. The smallest absolute Gasteiger partial charge is 0.328 e. The number of rotatable bonds is 11. The summed E-state index contributed by atoms with van der Waals surface area (Å²) in [5, 5.41) is 30.6. The number of fused-ring (bicyclic) bond motifs is 1. The quantitative estimate of drug-likeness (QED) is 0.294. The van der Waals surface area contributed by atoms with Crippen LogP contribution >= 0.6 is 0 Å². The van der Waals surface area contributed by atoms with E-state index in [0.717, 1.165) is 5.56 Å². The van der Waals surface area contributed by atoms with E-state index in [9.17, 15) is 29.4 Å². The average molecular weight is 476 g/mol. The van der Waals surface area contributed by atoms with Crippen LogP contribution in [0.2, 0.25) is 0 Å². The number of carbonyl (C=O) groups excluding carboxylic acids is 2. The molecule has 3 atom stereocenters. The molecule has 11 nitrogen and oxygen atoms in total. The number of carboxylic acid groups (broad SMARTS) is 2. The molecular weight excluding hydrogens is 442 g/mol. The average Bonchev–Trinajstić information content (AvgIpc) is 2.83. The zero-order chi connectivity index (χ0) is 24.5. The number of carboxylic acids is 2. The van der Waals surface area contributed by atoms with E-state index in [1.807, 2.05) is 30.3 Å². The number of amides is 3. The summed E-state index contributed by atoms with van der Waals surface area (Å²) in [6.07, 6.45) is 2.93. The van der Waals surface area contributed by atoms with E-state index < -0.39 is 30.1 Å². The van der Waals surface area contributed by atoms with Gasteiger partial charge in [0.05, 0.1) is 6.04 Å². The highest BCUT2D eigenvalue weighted by atomic mass is 16.4. The van der Waals surface area contributed by atoms with E-state index in [4.69, 9.17) is 0 Å². The minimum absolute atomic E-state index is 0.288. The monoisotopic (exact) mass is 475 g/mol. The molecule has 1 aromatic carbocycles. The maximum absolute atomic E-state index is 13.0. The molecule has 3 unspecified atom stereocenters. The molecule has 2 aliphatic rings. The number of carbonyl (C=O) groups is 4. The van der Waals surface area contributed by atoms with Gasteiger partial charge in [-0.1, -0.05) is 30.3 Å². The number of nitrogens with zero attached hydrogens (tertiary/aromatic N) is 2. The van der Waals surface area contributed by atoms with E-state index in [0.29, 0.717) is 64.7 Å². The van der Waals surface area contributed by atoms with Gasteiger partial charge in [-0.15, -0.1) is 0 Å². The second kappa shape index (κ2) is 12.3. The first kappa shape index (κ1) is 25.4. The third-order valence-corrected chi connectivity index (χ3v) is 6.18. The summed E-state index contributed by atoms with van der Waals surface area (Å²) in [5.74, 6) is -2.49. The van der Waals surface area contributed by atoms with Crippen LogP contribution in [-0.2, 0) is 20.9 Å². The van der Waals surface area contributed by atoms with Crippen molar-refractivity contribution in [2.75, 3.05) is 19.6 Å². The zero-order valence-corrected chi connectivity index (χ0v) is 19.1. The molecule has 1 aromatic rings. The van der Waals surface area contributed by atoms with E-state index in [1.54, 1.807) is 5.01 Å². The lowest BCUT2D eigenvalue weighted by atomic mass is 10.0. The highest BCUT2D eigenvalue weighted by Crippen LogP contribution is 2.24. The molecule has 3 rings (SSSR count). The lowest BCUT2D eigenvalue weighted by molar-refractivity contribution is -0.183. The first-order chi connectivity index (χ1) is 16.4. The van der Waals surface area contributed by atoms with E-state index in [1.165, 1.54) is 5.01 Å². The molecular formula is C23H33N5O6. The Balaban J connectivity index is 1.40. The number of hydrogen-bond acceptors (Lipinski definition) is 6. The Morgan fingerprint density at radius 3 is 2.50 bits per heavy atom. The highest BCUT2D eigenvalue weighted by Gasteiger charge is 2.43. The van der Waals surface area contributed by atoms with Crippen LogP contribution in [0, 0.1) is 0 Å². The fourth-order valence-electron chi connectivity index (χ4n) is 4.39. The van der Waals surface area contributed by atoms with Crippen LogP contribution < -0.4 is 16.0 Å². The van der Waals surface area contributed by atoms with Crippen LogP contribution in [0.1, 0.15) is 44.1 Å². The fraction of sp³-hybridized carbons (Fsp3) is 0.565. The number of hydrazine groups is 1. The van der Waals surface area contributed by atoms with Crippen molar-refractivity contribution in [1.29, 1.82) is 0 Å². The molecule has 0 spiro atoms. The normalized spacial score (nSPS) is 21.4.